The normalized spacial score (nSPS) is 33.5. The molecule has 0 aromatic rings. The Kier molecular flexibility index (Phi) is 3.23. The maximum atomic E-state index is 10.1. The van der Waals surface area contributed by atoms with Crippen LogP contribution in [0.3, 0.4) is 0 Å². The Hall–Kier alpha value is -0.0800. The monoisotopic (exact) mass is 183 g/mol. The number of rotatable bonds is 2. The first-order valence-corrected chi connectivity index (χ1v) is 5.79. The van der Waals surface area contributed by atoms with Crippen LogP contribution in [0.5, 0.6) is 0 Å². The van der Waals surface area contributed by atoms with Crippen molar-refractivity contribution in [2.24, 2.45) is 5.92 Å². The fourth-order valence-electron chi connectivity index (χ4n) is 2.81. The summed E-state index contributed by atoms with van der Waals surface area (Å²) in [5, 5.41) is 13.5. The molecule has 2 atom stereocenters. The van der Waals surface area contributed by atoms with Gasteiger partial charge in [-0.2, -0.15) is 0 Å². The van der Waals surface area contributed by atoms with E-state index in [0.29, 0.717) is 12.0 Å². The zero-order chi connectivity index (χ0) is 9.10. The Morgan fingerprint density at radius 1 is 1.00 bits per heavy atom. The quantitative estimate of drug-likeness (QED) is 0.682. The molecule has 2 N–H and O–H groups in total. The SMILES string of the molecule is OC(C1CCCCC1)[C@H]1CCCN1. The number of nitrogens with one attached hydrogen (secondary N) is 1. The zero-order valence-electron chi connectivity index (χ0n) is 8.34. The van der Waals surface area contributed by atoms with E-state index in [1.54, 1.807) is 0 Å². The van der Waals surface area contributed by atoms with Crippen molar-refractivity contribution < 1.29 is 5.11 Å². The molecule has 1 saturated carbocycles. The highest BCUT2D eigenvalue weighted by atomic mass is 16.3. The van der Waals surface area contributed by atoms with Gasteiger partial charge in [0.1, 0.15) is 0 Å². The van der Waals surface area contributed by atoms with E-state index in [1.807, 2.05) is 0 Å². The van der Waals surface area contributed by atoms with Crippen molar-refractivity contribution in [1.82, 2.24) is 5.32 Å². The molecule has 0 bridgehead atoms. The summed E-state index contributed by atoms with van der Waals surface area (Å²) >= 11 is 0. The van der Waals surface area contributed by atoms with Crippen molar-refractivity contribution in [2.45, 2.75) is 57.1 Å². The second-order valence-corrected chi connectivity index (χ2v) is 4.59. The van der Waals surface area contributed by atoms with Gasteiger partial charge < -0.3 is 10.4 Å². The van der Waals surface area contributed by atoms with E-state index in [2.05, 4.69) is 5.32 Å². The van der Waals surface area contributed by atoms with Gasteiger partial charge in [0.15, 0.2) is 0 Å². The first kappa shape index (κ1) is 9.47. The average molecular weight is 183 g/mol. The lowest BCUT2D eigenvalue weighted by Gasteiger charge is -2.30. The highest BCUT2D eigenvalue weighted by molar-refractivity contribution is 4.86. The van der Waals surface area contributed by atoms with Gasteiger partial charge in [0, 0.05) is 6.04 Å². The van der Waals surface area contributed by atoms with E-state index in [-0.39, 0.29) is 6.10 Å². The summed E-state index contributed by atoms with van der Waals surface area (Å²) in [7, 11) is 0. The maximum absolute atomic E-state index is 10.1. The van der Waals surface area contributed by atoms with Crippen LogP contribution >= 0.6 is 0 Å². The summed E-state index contributed by atoms with van der Waals surface area (Å²) in [4.78, 5) is 0. The topological polar surface area (TPSA) is 32.3 Å². The van der Waals surface area contributed by atoms with E-state index < -0.39 is 0 Å². The molecule has 2 heteroatoms. The van der Waals surface area contributed by atoms with Gasteiger partial charge >= 0.3 is 0 Å². The van der Waals surface area contributed by atoms with Crippen molar-refractivity contribution in [3.8, 4) is 0 Å². The van der Waals surface area contributed by atoms with Crippen LogP contribution in [-0.2, 0) is 0 Å². The molecule has 2 rings (SSSR count). The van der Waals surface area contributed by atoms with Gasteiger partial charge in [-0.25, -0.2) is 0 Å². The summed E-state index contributed by atoms with van der Waals surface area (Å²) in [5.41, 5.74) is 0. The van der Waals surface area contributed by atoms with Gasteiger partial charge in [-0.1, -0.05) is 19.3 Å². The van der Waals surface area contributed by atoms with Crippen molar-refractivity contribution >= 4 is 0 Å². The van der Waals surface area contributed by atoms with Crippen LogP contribution in [0.15, 0.2) is 0 Å². The van der Waals surface area contributed by atoms with Crippen LogP contribution < -0.4 is 5.32 Å². The zero-order valence-corrected chi connectivity index (χ0v) is 8.34. The summed E-state index contributed by atoms with van der Waals surface area (Å²) in [6.07, 6.45) is 8.89. The van der Waals surface area contributed by atoms with E-state index in [0.717, 1.165) is 6.54 Å². The Bertz CT molecular complexity index is 148. The lowest BCUT2D eigenvalue weighted by atomic mass is 9.82. The molecule has 1 aliphatic carbocycles. The maximum Gasteiger partial charge on any atom is 0.0721 e. The Morgan fingerprint density at radius 3 is 2.38 bits per heavy atom. The van der Waals surface area contributed by atoms with Crippen molar-refractivity contribution in [3.63, 3.8) is 0 Å². The molecule has 0 aromatic heterocycles. The van der Waals surface area contributed by atoms with Crippen LogP contribution in [0, 0.1) is 5.92 Å². The van der Waals surface area contributed by atoms with Gasteiger partial charge in [0.2, 0.25) is 0 Å². The molecule has 1 unspecified atom stereocenters. The first-order chi connectivity index (χ1) is 6.38. The summed E-state index contributed by atoms with van der Waals surface area (Å²) < 4.78 is 0. The summed E-state index contributed by atoms with van der Waals surface area (Å²) in [6, 6.07) is 0.406. The number of aliphatic hydroxyl groups excluding tert-OH is 1. The van der Waals surface area contributed by atoms with Gasteiger partial charge in [-0.3, -0.25) is 0 Å². The summed E-state index contributed by atoms with van der Waals surface area (Å²) in [6.45, 7) is 1.11. The van der Waals surface area contributed by atoms with Crippen LogP contribution in [-0.4, -0.2) is 23.8 Å². The smallest absolute Gasteiger partial charge is 0.0721 e. The highest BCUT2D eigenvalue weighted by Gasteiger charge is 2.30. The predicted octanol–water partition coefficient (Wildman–Crippen LogP) is 1.68. The molecular formula is C11H21NO. The van der Waals surface area contributed by atoms with Crippen molar-refractivity contribution in [2.75, 3.05) is 6.54 Å². The number of aliphatic hydroxyl groups is 1. The molecule has 0 amide bonds. The Labute approximate surface area is 80.7 Å². The minimum atomic E-state index is -0.0669. The standard InChI is InChI=1S/C11H21NO/c13-11(10-7-4-8-12-10)9-5-2-1-3-6-9/h9-13H,1-8H2/t10-,11?/m1/s1. The molecule has 13 heavy (non-hydrogen) atoms. The third-order valence-electron chi connectivity index (χ3n) is 3.64. The molecule has 76 valence electrons. The lowest BCUT2D eigenvalue weighted by Crippen LogP contribution is -2.40. The highest BCUT2D eigenvalue weighted by Crippen LogP contribution is 2.29. The molecule has 1 heterocycles. The van der Waals surface area contributed by atoms with E-state index in [4.69, 9.17) is 0 Å². The third kappa shape index (κ3) is 2.23. The molecule has 1 aliphatic heterocycles. The predicted molar refractivity (Wildman–Crippen MR) is 53.6 cm³/mol. The van der Waals surface area contributed by atoms with E-state index in [1.165, 1.54) is 44.9 Å². The van der Waals surface area contributed by atoms with Crippen molar-refractivity contribution in [3.05, 3.63) is 0 Å². The summed E-state index contributed by atoms with van der Waals surface area (Å²) in [5.74, 6) is 0.587. The molecule has 2 fully saturated rings. The van der Waals surface area contributed by atoms with E-state index in [9.17, 15) is 5.11 Å². The largest absolute Gasteiger partial charge is 0.391 e. The van der Waals surface area contributed by atoms with Crippen LogP contribution in [0.1, 0.15) is 44.9 Å². The molecule has 0 aromatic carbocycles. The van der Waals surface area contributed by atoms with Gasteiger partial charge in [0.25, 0.3) is 0 Å². The fourth-order valence-corrected chi connectivity index (χ4v) is 2.81. The minimum Gasteiger partial charge on any atom is -0.391 e. The second-order valence-electron chi connectivity index (χ2n) is 4.59. The Morgan fingerprint density at radius 2 is 1.77 bits per heavy atom. The number of hydrogen-bond acceptors (Lipinski definition) is 2. The average Bonchev–Trinajstić information content (AvgIpc) is 2.71. The molecule has 0 spiro atoms. The minimum absolute atomic E-state index is 0.0669. The van der Waals surface area contributed by atoms with Gasteiger partial charge in [-0.05, 0) is 38.1 Å². The molecule has 0 radical (unpaired) electrons. The Balaban J connectivity index is 1.83. The second kappa shape index (κ2) is 4.43. The van der Waals surface area contributed by atoms with Crippen LogP contribution in [0.4, 0.5) is 0 Å². The lowest BCUT2D eigenvalue weighted by molar-refractivity contribution is 0.0561. The first-order valence-electron chi connectivity index (χ1n) is 5.79. The van der Waals surface area contributed by atoms with Crippen LogP contribution in [0.25, 0.3) is 0 Å². The van der Waals surface area contributed by atoms with Gasteiger partial charge in [0.05, 0.1) is 6.10 Å². The molecule has 2 nitrogen and oxygen atoms in total. The molecular weight excluding hydrogens is 162 g/mol. The number of hydrogen-bond donors (Lipinski definition) is 2. The van der Waals surface area contributed by atoms with Crippen LogP contribution in [0.2, 0.25) is 0 Å². The third-order valence-corrected chi connectivity index (χ3v) is 3.64. The van der Waals surface area contributed by atoms with Crippen molar-refractivity contribution in [1.29, 1.82) is 0 Å². The van der Waals surface area contributed by atoms with E-state index >= 15 is 0 Å². The molecule has 1 saturated heterocycles. The van der Waals surface area contributed by atoms with Gasteiger partial charge in [-0.15, -0.1) is 0 Å². The molecule has 2 aliphatic rings. The fraction of sp³-hybridized carbons (Fsp3) is 1.00.